The third-order valence-electron chi connectivity index (χ3n) is 3.45. The number of benzene rings is 1. The molecule has 0 saturated heterocycles. The molecule has 0 aliphatic carbocycles. The maximum atomic E-state index is 12.2. The van der Waals surface area contributed by atoms with E-state index in [1.54, 1.807) is 27.7 Å². The number of esters is 1. The minimum absolute atomic E-state index is 0.0168. The van der Waals surface area contributed by atoms with Crippen molar-refractivity contribution in [2.24, 2.45) is 0 Å². The lowest BCUT2D eigenvalue weighted by molar-refractivity contribution is -0.136. The molecule has 0 spiro atoms. The molecule has 146 valence electrons. The van der Waals surface area contributed by atoms with Gasteiger partial charge >= 0.3 is 17.7 Å². The molecular weight excluding hydrogens is 397 g/mol. The summed E-state index contributed by atoms with van der Waals surface area (Å²) >= 11 is 12.0. The van der Waals surface area contributed by atoms with E-state index in [4.69, 9.17) is 37.1 Å². The molecule has 0 bridgehead atoms. The number of carbonyl (C=O) groups excluding carboxylic acids is 2. The number of amides is 1. The summed E-state index contributed by atoms with van der Waals surface area (Å²) in [6.45, 7) is 8.19. The molecule has 0 unspecified atom stereocenters. The van der Waals surface area contributed by atoms with E-state index >= 15 is 0 Å². The molecule has 27 heavy (non-hydrogen) atoms. The summed E-state index contributed by atoms with van der Waals surface area (Å²) in [5.74, 6) is -0.785. The Bertz CT molecular complexity index is 961. The zero-order valence-corrected chi connectivity index (χ0v) is 16.9. The molecule has 1 amide bonds. The van der Waals surface area contributed by atoms with Crippen LogP contribution >= 0.6 is 23.2 Å². The number of ether oxygens (including phenoxy) is 2. The van der Waals surface area contributed by atoms with Gasteiger partial charge in [0, 0.05) is 11.5 Å². The number of aryl methyl sites for hydroxylation is 1. The summed E-state index contributed by atoms with van der Waals surface area (Å²) in [5.41, 5.74) is -0.739. The second kappa shape index (κ2) is 7.78. The number of alkyl carbamates (subject to hydrolysis) is 1. The highest BCUT2D eigenvalue weighted by Gasteiger charge is 2.23. The zero-order valence-electron chi connectivity index (χ0n) is 15.4. The average Bonchev–Trinajstić information content (AvgIpc) is 2.52. The fourth-order valence-electron chi connectivity index (χ4n) is 2.15. The first-order valence-corrected chi connectivity index (χ1v) is 8.78. The van der Waals surface area contributed by atoms with Crippen LogP contribution in [0.15, 0.2) is 21.3 Å². The molecule has 0 radical (unpaired) electrons. The Labute approximate surface area is 165 Å². The molecule has 0 fully saturated rings. The summed E-state index contributed by atoms with van der Waals surface area (Å²) in [7, 11) is 0. The van der Waals surface area contributed by atoms with Crippen LogP contribution in [0.25, 0.3) is 11.0 Å². The van der Waals surface area contributed by atoms with Gasteiger partial charge in [0.2, 0.25) is 0 Å². The van der Waals surface area contributed by atoms with Gasteiger partial charge in [-0.3, -0.25) is 0 Å². The second-order valence-electron chi connectivity index (χ2n) is 6.90. The molecule has 7 nitrogen and oxygen atoms in total. The van der Waals surface area contributed by atoms with Crippen LogP contribution < -0.4 is 15.7 Å². The number of hydrogen-bond acceptors (Lipinski definition) is 6. The number of rotatable bonds is 3. The maximum Gasteiger partial charge on any atom is 0.408 e. The van der Waals surface area contributed by atoms with Crippen molar-refractivity contribution in [1.82, 2.24) is 5.32 Å². The molecule has 1 heterocycles. The molecule has 1 atom stereocenters. The molecule has 2 aromatic rings. The Hall–Kier alpha value is -2.25. The lowest BCUT2D eigenvalue weighted by Gasteiger charge is -2.21. The average molecular weight is 416 g/mol. The molecule has 1 aromatic carbocycles. The van der Waals surface area contributed by atoms with E-state index in [-0.39, 0.29) is 21.4 Å². The molecule has 2 rings (SSSR count). The van der Waals surface area contributed by atoms with E-state index in [1.165, 1.54) is 19.1 Å². The van der Waals surface area contributed by atoms with Crippen LogP contribution in [0.3, 0.4) is 0 Å². The SMILES string of the molecule is Cc1c(Cl)c(=O)oc2cc(OC(=O)[C@@H](C)NC(=O)OC(C)(C)C)c(Cl)cc12. The van der Waals surface area contributed by atoms with E-state index < -0.39 is 29.3 Å². The zero-order chi connectivity index (χ0) is 20.5. The molecule has 0 aliphatic rings. The van der Waals surface area contributed by atoms with E-state index in [2.05, 4.69) is 5.32 Å². The van der Waals surface area contributed by atoms with Gasteiger partial charge < -0.3 is 19.2 Å². The fraction of sp³-hybridized carbons (Fsp3) is 0.389. The molecular formula is C18H19Cl2NO6. The Morgan fingerprint density at radius 1 is 1.22 bits per heavy atom. The summed E-state index contributed by atoms with van der Waals surface area (Å²) in [5, 5.41) is 2.96. The van der Waals surface area contributed by atoms with Crippen LogP contribution in [0.2, 0.25) is 10.0 Å². The van der Waals surface area contributed by atoms with E-state index in [1.807, 2.05) is 0 Å². The normalized spacial score (nSPS) is 12.6. The van der Waals surface area contributed by atoms with Gasteiger partial charge in [-0.15, -0.1) is 0 Å². The predicted molar refractivity (Wildman–Crippen MR) is 102 cm³/mol. The second-order valence-corrected chi connectivity index (χ2v) is 7.68. The van der Waals surface area contributed by atoms with Crippen LogP contribution in [-0.2, 0) is 9.53 Å². The Kier molecular flexibility index (Phi) is 6.07. The van der Waals surface area contributed by atoms with Gasteiger partial charge in [0.15, 0.2) is 5.75 Å². The monoisotopic (exact) mass is 415 g/mol. The minimum atomic E-state index is -0.995. The van der Waals surface area contributed by atoms with Gasteiger partial charge in [-0.1, -0.05) is 23.2 Å². The van der Waals surface area contributed by atoms with E-state index in [0.717, 1.165) is 0 Å². The van der Waals surface area contributed by atoms with Crippen molar-refractivity contribution >= 4 is 46.2 Å². The smallest absolute Gasteiger partial charge is 0.408 e. The van der Waals surface area contributed by atoms with Crippen LogP contribution in [0.5, 0.6) is 5.75 Å². The van der Waals surface area contributed by atoms with Gasteiger partial charge in [0.05, 0.1) is 5.02 Å². The van der Waals surface area contributed by atoms with Gasteiger partial charge in [-0.2, -0.15) is 0 Å². The summed E-state index contributed by atoms with van der Waals surface area (Å²) in [4.78, 5) is 35.7. The number of carbonyl (C=O) groups is 2. The standard InChI is InChI=1S/C18H19Cl2NO6/c1-8-10-6-11(19)13(7-12(10)25-16(23)14(8)20)26-15(22)9(2)21-17(24)27-18(3,4)5/h6-7,9H,1-5H3,(H,21,24)/t9-/m1/s1. The molecule has 1 aromatic heterocycles. The van der Waals surface area contributed by atoms with Crippen molar-refractivity contribution < 1.29 is 23.5 Å². The van der Waals surface area contributed by atoms with Crippen LogP contribution in [-0.4, -0.2) is 23.7 Å². The highest BCUT2D eigenvalue weighted by Crippen LogP contribution is 2.33. The molecule has 0 aliphatic heterocycles. The predicted octanol–water partition coefficient (Wildman–Crippen LogP) is 4.23. The van der Waals surface area contributed by atoms with Crippen molar-refractivity contribution in [1.29, 1.82) is 0 Å². The van der Waals surface area contributed by atoms with Crippen molar-refractivity contribution in [2.45, 2.75) is 46.3 Å². The van der Waals surface area contributed by atoms with E-state index in [9.17, 15) is 14.4 Å². The summed E-state index contributed by atoms with van der Waals surface area (Å²) in [6.07, 6.45) is -0.757. The largest absolute Gasteiger partial charge is 0.444 e. The third-order valence-corrected chi connectivity index (χ3v) is 4.18. The quantitative estimate of drug-likeness (QED) is 0.457. The number of nitrogens with one attached hydrogen (secondary N) is 1. The highest BCUT2D eigenvalue weighted by molar-refractivity contribution is 6.34. The minimum Gasteiger partial charge on any atom is -0.444 e. The molecule has 1 N–H and O–H groups in total. The third kappa shape index (κ3) is 5.14. The van der Waals surface area contributed by atoms with Gasteiger partial charge in [0.25, 0.3) is 0 Å². The van der Waals surface area contributed by atoms with Crippen molar-refractivity contribution in [3.63, 3.8) is 0 Å². The highest BCUT2D eigenvalue weighted by atomic mass is 35.5. The van der Waals surface area contributed by atoms with Crippen LogP contribution in [0.1, 0.15) is 33.3 Å². The fourth-order valence-corrected chi connectivity index (χ4v) is 2.49. The van der Waals surface area contributed by atoms with Crippen LogP contribution in [0.4, 0.5) is 4.79 Å². The van der Waals surface area contributed by atoms with Crippen molar-refractivity contribution in [3.05, 3.63) is 38.2 Å². The Balaban J connectivity index is 2.21. The first kappa shape index (κ1) is 21.1. The van der Waals surface area contributed by atoms with Crippen molar-refractivity contribution in [3.8, 4) is 5.75 Å². The lowest BCUT2D eigenvalue weighted by Crippen LogP contribution is -2.43. The maximum absolute atomic E-state index is 12.2. The number of halogens is 2. The summed E-state index contributed by atoms with van der Waals surface area (Å²) in [6, 6.07) is 1.81. The lowest BCUT2D eigenvalue weighted by atomic mass is 10.1. The van der Waals surface area contributed by atoms with Crippen LogP contribution in [0, 0.1) is 6.92 Å². The van der Waals surface area contributed by atoms with E-state index in [0.29, 0.717) is 10.9 Å². The molecule has 0 saturated carbocycles. The first-order chi connectivity index (χ1) is 12.4. The summed E-state index contributed by atoms with van der Waals surface area (Å²) < 4.78 is 15.4. The topological polar surface area (TPSA) is 94.8 Å². The number of hydrogen-bond donors (Lipinski definition) is 1. The van der Waals surface area contributed by atoms with Gasteiger partial charge in [-0.05, 0) is 46.2 Å². The number of fused-ring (bicyclic) bond motifs is 1. The molecule has 9 heteroatoms. The Morgan fingerprint density at radius 2 is 1.85 bits per heavy atom. The first-order valence-electron chi connectivity index (χ1n) is 8.02. The van der Waals surface area contributed by atoms with Crippen molar-refractivity contribution in [2.75, 3.05) is 0 Å². The van der Waals surface area contributed by atoms with Gasteiger partial charge in [-0.25, -0.2) is 14.4 Å². The van der Waals surface area contributed by atoms with Gasteiger partial charge in [0.1, 0.15) is 22.2 Å². The Morgan fingerprint density at radius 3 is 2.44 bits per heavy atom.